The Morgan fingerprint density at radius 1 is 0.909 bits per heavy atom. The molecule has 7 unspecified atom stereocenters. The molecule has 1 nitrogen and oxygen atoms in total. The molecule has 8 atom stereocenters. The van der Waals surface area contributed by atoms with Crippen LogP contribution in [0.3, 0.4) is 0 Å². The normalized spacial score (nSPS) is 42.5. The zero-order valence-electron chi connectivity index (χ0n) is 22.3. The summed E-state index contributed by atoms with van der Waals surface area (Å²) in [5.74, 6) is 3.40. The average molecular weight is 471 g/mol. The molecule has 0 N–H and O–H groups in total. The predicted molar refractivity (Wildman–Crippen MR) is 131 cm³/mol. The molecule has 0 spiro atoms. The van der Waals surface area contributed by atoms with Crippen molar-refractivity contribution in [3.8, 4) is 0 Å². The third kappa shape index (κ3) is 5.21. The Labute approximate surface area is 201 Å². The number of allylic oxidation sites excluding steroid dienone is 1. The first-order valence-electron chi connectivity index (χ1n) is 13.7. The Kier molecular flexibility index (Phi) is 8.40. The van der Waals surface area contributed by atoms with Gasteiger partial charge >= 0.3 is 6.18 Å². The molecular weight excluding hydrogens is 421 g/mol. The molecule has 0 saturated heterocycles. The van der Waals surface area contributed by atoms with Gasteiger partial charge in [0.05, 0.1) is 6.10 Å². The summed E-state index contributed by atoms with van der Waals surface area (Å²) >= 11 is 0. The third-order valence-electron chi connectivity index (χ3n) is 10.3. The van der Waals surface area contributed by atoms with Gasteiger partial charge in [-0.15, -0.1) is 0 Å². The SMILES string of the molecule is CC(C)=C1C(OCC(F)(F)F)CC2(C)C1CCC1C2CCC2[C@H](C)CCCC12C.CCCC. The minimum atomic E-state index is -4.26. The van der Waals surface area contributed by atoms with Gasteiger partial charge in [-0.25, -0.2) is 0 Å². The maximum absolute atomic E-state index is 12.9. The second-order valence-electron chi connectivity index (χ2n) is 12.5. The van der Waals surface area contributed by atoms with Crippen molar-refractivity contribution in [2.45, 2.75) is 125 Å². The Morgan fingerprint density at radius 3 is 2.06 bits per heavy atom. The van der Waals surface area contributed by atoms with Gasteiger partial charge in [0.15, 0.2) is 0 Å². The first kappa shape index (κ1) is 27.1. The fraction of sp³-hybridized carbons (Fsp3) is 0.931. The molecule has 0 aromatic heterocycles. The van der Waals surface area contributed by atoms with Gasteiger partial charge in [0, 0.05) is 0 Å². The highest BCUT2D eigenvalue weighted by atomic mass is 19.4. The maximum Gasteiger partial charge on any atom is 0.411 e. The minimum Gasteiger partial charge on any atom is -0.364 e. The van der Waals surface area contributed by atoms with E-state index in [4.69, 9.17) is 4.74 Å². The molecule has 0 amide bonds. The van der Waals surface area contributed by atoms with Crippen LogP contribution < -0.4 is 0 Å². The molecule has 4 aliphatic rings. The van der Waals surface area contributed by atoms with Gasteiger partial charge in [-0.1, -0.05) is 65.9 Å². The first-order valence-corrected chi connectivity index (χ1v) is 13.7. The molecule has 0 radical (unpaired) electrons. The second kappa shape index (κ2) is 10.2. The number of rotatable bonds is 3. The summed E-state index contributed by atoms with van der Waals surface area (Å²) in [7, 11) is 0. The van der Waals surface area contributed by atoms with E-state index in [1.165, 1.54) is 62.5 Å². The van der Waals surface area contributed by atoms with Gasteiger partial charge in [0.2, 0.25) is 0 Å². The highest BCUT2D eigenvalue weighted by molar-refractivity contribution is 5.30. The number of fused-ring (bicyclic) bond motifs is 5. The first-order chi connectivity index (χ1) is 15.4. The van der Waals surface area contributed by atoms with Crippen LogP contribution in [0.5, 0.6) is 0 Å². The van der Waals surface area contributed by atoms with Gasteiger partial charge < -0.3 is 4.74 Å². The summed E-state index contributed by atoms with van der Waals surface area (Å²) in [6, 6.07) is 0. The van der Waals surface area contributed by atoms with Gasteiger partial charge in [0.1, 0.15) is 6.61 Å². The average Bonchev–Trinajstić information content (AvgIpc) is 3.04. The summed E-state index contributed by atoms with van der Waals surface area (Å²) in [5, 5.41) is 0. The van der Waals surface area contributed by atoms with Crippen LogP contribution in [0.15, 0.2) is 11.1 Å². The second-order valence-corrected chi connectivity index (χ2v) is 12.5. The zero-order valence-corrected chi connectivity index (χ0v) is 22.3. The molecule has 4 aliphatic carbocycles. The highest BCUT2D eigenvalue weighted by Crippen LogP contribution is 2.69. The molecule has 4 saturated carbocycles. The minimum absolute atomic E-state index is 0.0838. The largest absolute Gasteiger partial charge is 0.411 e. The van der Waals surface area contributed by atoms with Crippen molar-refractivity contribution >= 4 is 0 Å². The number of unbranched alkanes of at least 4 members (excludes halogenated alkanes) is 1. The predicted octanol–water partition coefficient (Wildman–Crippen LogP) is 9.37. The Bertz CT molecular complexity index is 691. The number of hydrogen-bond acceptors (Lipinski definition) is 1. The smallest absolute Gasteiger partial charge is 0.364 e. The van der Waals surface area contributed by atoms with E-state index in [1.807, 2.05) is 0 Å². The Balaban J connectivity index is 0.000000709. The summed E-state index contributed by atoms with van der Waals surface area (Å²) in [6.45, 7) is 14.8. The number of hydrogen-bond donors (Lipinski definition) is 0. The molecule has 4 fully saturated rings. The van der Waals surface area contributed by atoms with Crippen LogP contribution in [0, 0.1) is 40.4 Å². The van der Waals surface area contributed by atoms with Crippen molar-refractivity contribution in [1.82, 2.24) is 0 Å². The molecule has 0 aromatic carbocycles. The summed E-state index contributed by atoms with van der Waals surface area (Å²) in [5.41, 5.74) is 2.88. The van der Waals surface area contributed by atoms with Crippen LogP contribution in [0.2, 0.25) is 0 Å². The van der Waals surface area contributed by atoms with E-state index in [2.05, 4.69) is 48.5 Å². The van der Waals surface area contributed by atoms with Crippen LogP contribution in [-0.4, -0.2) is 18.9 Å². The van der Waals surface area contributed by atoms with Gasteiger partial charge in [-0.2, -0.15) is 13.2 Å². The third-order valence-corrected chi connectivity index (χ3v) is 10.3. The molecule has 4 heteroatoms. The standard InChI is InChI=1S/C25H39F3O.C4H10/c1-15(2)22-20-11-10-18-19(9-8-17-16(3)7-6-12-23(17,18)4)24(20,5)13-21(22)29-14-25(26,27)28;1-3-4-2/h16-21H,6-14H2,1-5H3;3-4H2,1-2H3/t16-,17?,18?,19?,20?,21?,23?,24?;/m1./s1. The van der Waals surface area contributed by atoms with Crippen molar-refractivity contribution in [2.24, 2.45) is 40.4 Å². The van der Waals surface area contributed by atoms with Crippen molar-refractivity contribution in [2.75, 3.05) is 6.61 Å². The molecular formula is C29H49F3O. The van der Waals surface area contributed by atoms with E-state index in [9.17, 15) is 13.2 Å². The Hall–Kier alpha value is -0.510. The fourth-order valence-corrected chi connectivity index (χ4v) is 8.74. The van der Waals surface area contributed by atoms with Crippen LogP contribution >= 0.6 is 0 Å². The molecule has 192 valence electrons. The summed E-state index contributed by atoms with van der Waals surface area (Å²) in [4.78, 5) is 0. The van der Waals surface area contributed by atoms with Gasteiger partial charge in [-0.05, 0) is 98.4 Å². The molecule has 0 heterocycles. The van der Waals surface area contributed by atoms with E-state index < -0.39 is 12.8 Å². The lowest BCUT2D eigenvalue weighted by molar-refractivity contribution is -0.183. The van der Waals surface area contributed by atoms with Crippen molar-refractivity contribution in [3.63, 3.8) is 0 Å². The summed E-state index contributed by atoms with van der Waals surface area (Å²) in [6.07, 6.45) is 7.78. The van der Waals surface area contributed by atoms with Crippen LogP contribution in [0.4, 0.5) is 13.2 Å². The van der Waals surface area contributed by atoms with E-state index in [0.29, 0.717) is 17.3 Å². The van der Waals surface area contributed by atoms with E-state index >= 15 is 0 Å². The van der Waals surface area contributed by atoms with Gasteiger partial charge in [0.25, 0.3) is 0 Å². The van der Waals surface area contributed by atoms with Crippen LogP contribution in [-0.2, 0) is 4.74 Å². The number of alkyl halides is 3. The topological polar surface area (TPSA) is 9.23 Å². The number of ether oxygens (including phenoxy) is 1. The lowest BCUT2D eigenvalue weighted by Gasteiger charge is -2.62. The molecule has 0 aromatic rings. The number of halogens is 3. The van der Waals surface area contributed by atoms with Crippen LogP contribution in [0.25, 0.3) is 0 Å². The van der Waals surface area contributed by atoms with E-state index in [0.717, 1.165) is 30.6 Å². The summed E-state index contributed by atoms with van der Waals surface area (Å²) < 4.78 is 44.3. The molecule has 4 rings (SSSR count). The lowest BCUT2D eigenvalue weighted by atomic mass is 9.43. The van der Waals surface area contributed by atoms with Gasteiger partial charge in [-0.3, -0.25) is 0 Å². The van der Waals surface area contributed by atoms with E-state index in [-0.39, 0.29) is 11.5 Å². The van der Waals surface area contributed by atoms with Crippen molar-refractivity contribution < 1.29 is 17.9 Å². The Morgan fingerprint density at radius 2 is 1.48 bits per heavy atom. The molecule has 33 heavy (non-hydrogen) atoms. The quantitative estimate of drug-likeness (QED) is 0.373. The van der Waals surface area contributed by atoms with E-state index in [1.54, 1.807) is 0 Å². The molecule has 0 bridgehead atoms. The zero-order chi connectivity index (χ0) is 24.6. The lowest BCUT2D eigenvalue weighted by Crippen LogP contribution is -2.54. The van der Waals surface area contributed by atoms with Crippen molar-refractivity contribution in [3.05, 3.63) is 11.1 Å². The van der Waals surface area contributed by atoms with Crippen molar-refractivity contribution in [1.29, 1.82) is 0 Å². The molecule has 0 aliphatic heterocycles. The fourth-order valence-electron chi connectivity index (χ4n) is 8.74. The van der Waals surface area contributed by atoms with Crippen LogP contribution in [0.1, 0.15) is 113 Å². The highest BCUT2D eigenvalue weighted by Gasteiger charge is 2.62. The maximum atomic E-state index is 12.9. The monoisotopic (exact) mass is 470 g/mol.